The minimum absolute atomic E-state index is 0.0269. The van der Waals surface area contributed by atoms with Gasteiger partial charge in [0.15, 0.2) is 5.78 Å². The van der Waals surface area contributed by atoms with E-state index < -0.39 is 35.4 Å². The molecule has 0 atom stereocenters. The lowest BCUT2D eigenvalue weighted by Crippen LogP contribution is -2.16. The minimum Gasteiger partial charge on any atom is -0.435 e. The van der Waals surface area contributed by atoms with Crippen LogP contribution in [0.15, 0.2) is 12.1 Å². The number of ether oxygens (including phenoxy) is 1. The Bertz CT molecular complexity index is 480. The third-order valence-electron chi connectivity index (χ3n) is 2.50. The first kappa shape index (κ1) is 15.4. The first-order valence-corrected chi connectivity index (χ1v) is 5.37. The highest BCUT2D eigenvalue weighted by Crippen LogP contribution is 2.37. The van der Waals surface area contributed by atoms with Gasteiger partial charge >= 0.3 is 12.8 Å². The second-order valence-corrected chi connectivity index (χ2v) is 3.75. The van der Waals surface area contributed by atoms with Crippen molar-refractivity contribution in [3.8, 4) is 5.75 Å². The van der Waals surface area contributed by atoms with Crippen molar-refractivity contribution in [3.05, 3.63) is 28.8 Å². The fraction of sp³-hybridized carbons (Fsp3) is 0.417. The van der Waals surface area contributed by atoms with Crippen LogP contribution < -0.4 is 4.74 Å². The standard InChI is InChI=1S/C12H11F5O2/c1-3-7-9(19-11(13)14)5-4-8(12(15,16)17)10(7)6(2)18/h4-5,11H,3H2,1-2H3. The van der Waals surface area contributed by atoms with Gasteiger partial charge in [0.1, 0.15) is 5.75 Å². The van der Waals surface area contributed by atoms with Crippen molar-refractivity contribution < 1.29 is 31.5 Å². The number of benzene rings is 1. The van der Waals surface area contributed by atoms with Crippen molar-refractivity contribution in [3.63, 3.8) is 0 Å². The minimum atomic E-state index is -4.73. The summed E-state index contributed by atoms with van der Waals surface area (Å²) in [5, 5.41) is 0. The molecule has 0 bridgehead atoms. The second-order valence-electron chi connectivity index (χ2n) is 3.75. The van der Waals surface area contributed by atoms with Crippen LogP contribution in [0.1, 0.15) is 35.3 Å². The first-order valence-electron chi connectivity index (χ1n) is 5.37. The largest absolute Gasteiger partial charge is 0.435 e. The number of halogens is 5. The number of hydrogen-bond donors (Lipinski definition) is 0. The van der Waals surface area contributed by atoms with E-state index in [-0.39, 0.29) is 12.0 Å². The lowest BCUT2D eigenvalue weighted by atomic mass is 9.95. The monoisotopic (exact) mass is 282 g/mol. The third-order valence-corrected chi connectivity index (χ3v) is 2.50. The number of alkyl halides is 5. The Morgan fingerprint density at radius 1 is 1.32 bits per heavy atom. The Hall–Kier alpha value is -1.66. The predicted octanol–water partition coefficient (Wildman–Crippen LogP) is 4.07. The maximum Gasteiger partial charge on any atom is 0.417 e. The Morgan fingerprint density at radius 3 is 2.26 bits per heavy atom. The van der Waals surface area contributed by atoms with Crippen molar-refractivity contribution in [2.75, 3.05) is 0 Å². The number of ketones is 1. The summed E-state index contributed by atoms with van der Waals surface area (Å²) in [6.07, 6.45) is -4.75. The molecule has 1 aromatic carbocycles. The van der Waals surface area contributed by atoms with E-state index >= 15 is 0 Å². The van der Waals surface area contributed by atoms with E-state index in [0.717, 1.165) is 13.0 Å². The van der Waals surface area contributed by atoms with Crippen LogP contribution in [0.2, 0.25) is 0 Å². The molecule has 2 nitrogen and oxygen atoms in total. The molecule has 106 valence electrons. The van der Waals surface area contributed by atoms with Crippen LogP contribution in [0.25, 0.3) is 0 Å². The van der Waals surface area contributed by atoms with E-state index in [2.05, 4.69) is 4.74 Å². The van der Waals surface area contributed by atoms with E-state index in [4.69, 9.17) is 0 Å². The Morgan fingerprint density at radius 2 is 1.89 bits per heavy atom. The number of hydrogen-bond acceptors (Lipinski definition) is 2. The third kappa shape index (κ3) is 3.42. The summed E-state index contributed by atoms with van der Waals surface area (Å²) in [6.45, 7) is -0.752. The second kappa shape index (κ2) is 5.54. The molecule has 0 radical (unpaired) electrons. The molecule has 0 saturated carbocycles. The van der Waals surface area contributed by atoms with Gasteiger partial charge in [-0.25, -0.2) is 0 Å². The molecule has 0 unspecified atom stereocenters. The lowest BCUT2D eigenvalue weighted by molar-refractivity contribution is -0.138. The van der Waals surface area contributed by atoms with Crippen LogP contribution in [0.5, 0.6) is 5.75 Å². The maximum atomic E-state index is 12.8. The topological polar surface area (TPSA) is 26.3 Å². The fourth-order valence-corrected chi connectivity index (χ4v) is 1.82. The Kier molecular flexibility index (Phi) is 4.49. The summed E-state index contributed by atoms with van der Waals surface area (Å²) in [5.74, 6) is -1.25. The van der Waals surface area contributed by atoms with E-state index in [9.17, 15) is 26.7 Å². The van der Waals surface area contributed by atoms with E-state index in [1.807, 2.05) is 0 Å². The zero-order valence-electron chi connectivity index (χ0n) is 10.1. The molecule has 0 aliphatic carbocycles. The van der Waals surface area contributed by atoms with Crippen LogP contribution >= 0.6 is 0 Å². The smallest absolute Gasteiger partial charge is 0.417 e. The zero-order chi connectivity index (χ0) is 14.8. The van der Waals surface area contributed by atoms with Crippen LogP contribution in [-0.2, 0) is 12.6 Å². The van der Waals surface area contributed by atoms with Gasteiger partial charge in [-0.3, -0.25) is 4.79 Å². The van der Waals surface area contributed by atoms with Gasteiger partial charge in [0.05, 0.1) is 5.56 Å². The molecule has 0 amide bonds. The number of Topliss-reactive ketones (excluding diaryl/α,β-unsaturated/α-hetero) is 1. The van der Waals surface area contributed by atoms with E-state index in [1.165, 1.54) is 6.92 Å². The van der Waals surface area contributed by atoms with Crippen molar-refractivity contribution in [1.82, 2.24) is 0 Å². The predicted molar refractivity (Wildman–Crippen MR) is 57.5 cm³/mol. The fourth-order valence-electron chi connectivity index (χ4n) is 1.82. The first-order chi connectivity index (χ1) is 8.68. The van der Waals surface area contributed by atoms with Crippen molar-refractivity contribution in [1.29, 1.82) is 0 Å². The molecule has 0 N–H and O–H groups in total. The van der Waals surface area contributed by atoms with Crippen molar-refractivity contribution >= 4 is 5.78 Å². The molecule has 0 saturated heterocycles. The van der Waals surface area contributed by atoms with Gasteiger partial charge in [-0.2, -0.15) is 22.0 Å². The highest BCUT2D eigenvalue weighted by molar-refractivity contribution is 5.98. The van der Waals surface area contributed by atoms with Gasteiger partial charge in [-0.05, 0) is 25.5 Å². The number of carbonyl (C=O) groups excluding carboxylic acids is 1. The molecule has 0 aliphatic rings. The molecule has 0 fully saturated rings. The molecule has 0 spiro atoms. The van der Waals surface area contributed by atoms with Gasteiger partial charge in [-0.15, -0.1) is 0 Å². The van der Waals surface area contributed by atoms with Gasteiger partial charge in [-0.1, -0.05) is 6.92 Å². The summed E-state index contributed by atoms with van der Waals surface area (Å²) in [5.41, 5.74) is -1.92. The van der Waals surface area contributed by atoms with E-state index in [1.54, 1.807) is 0 Å². The molecular formula is C12H11F5O2. The van der Waals surface area contributed by atoms with Crippen molar-refractivity contribution in [2.45, 2.75) is 33.1 Å². The van der Waals surface area contributed by atoms with Gasteiger partial charge < -0.3 is 4.74 Å². The maximum absolute atomic E-state index is 12.8. The molecule has 1 aromatic rings. The van der Waals surface area contributed by atoms with Crippen LogP contribution in [-0.4, -0.2) is 12.4 Å². The van der Waals surface area contributed by atoms with Crippen LogP contribution in [0, 0.1) is 0 Å². The number of rotatable bonds is 4. The molecule has 0 aliphatic heterocycles. The van der Waals surface area contributed by atoms with Gasteiger partial charge in [0, 0.05) is 11.1 Å². The normalized spacial score (nSPS) is 11.8. The molecule has 0 heterocycles. The SMILES string of the molecule is CCc1c(OC(F)F)ccc(C(F)(F)F)c1C(C)=O. The summed E-state index contributed by atoms with van der Waals surface area (Å²) < 4.78 is 66.8. The quantitative estimate of drug-likeness (QED) is 0.614. The van der Waals surface area contributed by atoms with E-state index in [0.29, 0.717) is 6.07 Å². The molecule has 19 heavy (non-hydrogen) atoms. The van der Waals surface area contributed by atoms with Gasteiger partial charge in [0.25, 0.3) is 0 Å². The molecule has 7 heteroatoms. The highest BCUT2D eigenvalue weighted by Gasteiger charge is 2.36. The molecule has 1 rings (SSSR count). The molecule has 0 aromatic heterocycles. The van der Waals surface area contributed by atoms with Crippen LogP contribution in [0.4, 0.5) is 22.0 Å². The Balaban J connectivity index is 3.52. The summed E-state index contributed by atoms with van der Waals surface area (Å²) in [4.78, 5) is 11.4. The Labute approximate surface area is 106 Å². The molecular weight excluding hydrogens is 271 g/mol. The van der Waals surface area contributed by atoms with Crippen molar-refractivity contribution in [2.24, 2.45) is 0 Å². The summed E-state index contributed by atoms with van der Waals surface area (Å²) in [6, 6.07) is 1.38. The zero-order valence-corrected chi connectivity index (χ0v) is 10.1. The summed E-state index contributed by atoms with van der Waals surface area (Å²) in [7, 11) is 0. The average Bonchev–Trinajstić information content (AvgIpc) is 2.25. The average molecular weight is 282 g/mol. The van der Waals surface area contributed by atoms with Crippen LogP contribution in [0.3, 0.4) is 0 Å². The van der Waals surface area contributed by atoms with Gasteiger partial charge in [0.2, 0.25) is 0 Å². The lowest BCUT2D eigenvalue weighted by Gasteiger charge is -2.17. The summed E-state index contributed by atoms with van der Waals surface area (Å²) >= 11 is 0. The number of carbonyl (C=O) groups is 1. The highest BCUT2D eigenvalue weighted by atomic mass is 19.4.